The molecular weight excluding hydrogens is 282 g/mol. The van der Waals surface area contributed by atoms with Crippen molar-refractivity contribution in [3.63, 3.8) is 0 Å². The van der Waals surface area contributed by atoms with Gasteiger partial charge < -0.3 is 10.2 Å². The molecule has 0 bridgehead atoms. The minimum absolute atomic E-state index is 0.235. The fourth-order valence-corrected chi connectivity index (χ4v) is 3.80. The molecule has 2 aromatic rings. The van der Waals surface area contributed by atoms with E-state index in [-0.39, 0.29) is 5.54 Å². The lowest BCUT2D eigenvalue weighted by Gasteiger charge is -2.43. The first kappa shape index (κ1) is 13.4. The van der Waals surface area contributed by atoms with Gasteiger partial charge in [0.25, 0.3) is 0 Å². The van der Waals surface area contributed by atoms with Crippen LogP contribution in [0.5, 0.6) is 0 Å². The predicted octanol–water partition coefficient (Wildman–Crippen LogP) is 3.47. The largest absolute Gasteiger partial charge is 0.367 e. The van der Waals surface area contributed by atoms with Crippen molar-refractivity contribution in [1.82, 2.24) is 10.3 Å². The standard InChI is InChI=1S/C17H20ClN3/c1-17(12-4-5-12)11-21(10-9-20-17)15-7-6-14(18)13-3-2-8-19-16(13)15/h2-3,6-8,12,20H,4-5,9-11H2,1H3. The Kier molecular flexibility index (Phi) is 3.09. The van der Waals surface area contributed by atoms with Gasteiger partial charge in [-0.25, -0.2) is 0 Å². The molecule has 1 saturated heterocycles. The lowest BCUT2D eigenvalue weighted by molar-refractivity contribution is 0.285. The summed E-state index contributed by atoms with van der Waals surface area (Å²) in [5.74, 6) is 0.826. The molecule has 1 aliphatic carbocycles. The van der Waals surface area contributed by atoms with Gasteiger partial charge in [-0.05, 0) is 49.9 Å². The van der Waals surface area contributed by atoms with E-state index in [1.165, 1.54) is 18.5 Å². The summed E-state index contributed by atoms with van der Waals surface area (Å²) in [7, 11) is 0. The molecule has 1 aromatic carbocycles. The van der Waals surface area contributed by atoms with Crippen molar-refractivity contribution < 1.29 is 0 Å². The van der Waals surface area contributed by atoms with E-state index in [0.29, 0.717) is 0 Å². The van der Waals surface area contributed by atoms with Crippen molar-refractivity contribution in [1.29, 1.82) is 0 Å². The number of halogens is 1. The van der Waals surface area contributed by atoms with Crippen molar-refractivity contribution in [3.05, 3.63) is 35.5 Å². The van der Waals surface area contributed by atoms with E-state index < -0.39 is 0 Å². The van der Waals surface area contributed by atoms with Crippen molar-refractivity contribution >= 4 is 28.2 Å². The zero-order valence-corrected chi connectivity index (χ0v) is 13.0. The van der Waals surface area contributed by atoms with Gasteiger partial charge in [-0.2, -0.15) is 0 Å². The Morgan fingerprint density at radius 3 is 3.00 bits per heavy atom. The number of piperazine rings is 1. The third-order valence-electron chi connectivity index (χ3n) is 4.94. The lowest BCUT2D eigenvalue weighted by atomic mass is 9.92. The Labute approximate surface area is 130 Å². The molecule has 2 fully saturated rings. The van der Waals surface area contributed by atoms with E-state index in [2.05, 4.69) is 34.3 Å². The second-order valence-corrected chi connectivity index (χ2v) is 6.91. The molecule has 110 valence electrons. The second-order valence-electron chi connectivity index (χ2n) is 6.51. The first-order valence-corrected chi connectivity index (χ1v) is 8.08. The van der Waals surface area contributed by atoms with Crippen LogP contribution in [0.4, 0.5) is 5.69 Å². The van der Waals surface area contributed by atoms with Crippen molar-refractivity contribution in [2.45, 2.75) is 25.3 Å². The maximum atomic E-state index is 6.31. The second kappa shape index (κ2) is 4.85. The first-order valence-electron chi connectivity index (χ1n) is 7.71. The molecular formula is C17H20ClN3. The SMILES string of the molecule is CC1(C2CC2)CN(c2ccc(Cl)c3cccnc23)CCN1. The van der Waals surface area contributed by atoms with Crippen LogP contribution in [0, 0.1) is 5.92 Å². The van der Waals surface area contributed by atoms with Crippen molar-refractivity contribution in [3.8, 4) is 0 Å². The molecule has 4 heteroatoms. The molecule has 21 heavy (non-hydrogen) atoms. The number of pyridine rings is 1. The van der Waals surface area contributed by atoms with Crippen LogP contribution in [0.3, 0.4) is 0 Å². The molecule has 1 unspecified atom stereocenters. The Balaban J connectivity index is 1.74. The van der Waals surface area contributed by atoms with Crippen LogP contribution in [0.2, 0.25) is 5.02 Å². The number of nitrogens with one attached hydrogen (secondary N) is 1. The Bertz CT molecular complexity index is 683. The summed E-state index contributed by atoms with van der Waals surface area (Å²) in [4.78, 5) is 7.05. The highest BCUT2D eigenvalue weighted by Gasteiger charge is 2.44. The smallest absolute Gasteiger partial charge is 0.0950 e. The van der Waals surface area contributed by atoms with E-state index in [0.717, 1.165) is 41.5 Å². The van der Waals surface area contributed by atoms with Crippen molar-refractivity contribution in [2.24, 2.45) is 5.92 Å². The molecule has 1 saturated carbocycles. The molecule has 1 aromatic heterocycles. The molecule has 3 nitrogen and oxygen atoms in total. The minimum Gasteiger partial charge on any atom is -0.367 e. The summed E-state index contributed by atoms with van der Waals surface area (Å²) in [6.45, 7) is 5.47. The Morgan fingerprint density at radius 2 is 2.19 bits per heavy atom. The molecule has 2 heterocycles. The Hall–Kier alpha value is -1.32. The topological polar surface area (TPSA) is 28.2 Å². The molecule has 4 rings (SSSR count). The van der Waals surface area contributed by atoms with Gasteiger partial charge >= 0.3 is 0 Å². The fourth-order valence-electron chi connectivity index (χ4n) is 3.59. The van der Waals surface area contributed by atoms with Crippen LogP contribution in [0.15, 0.2) is 30.5 Å². The number of fused-ring (bicyclic) bond motifs is 1. The molecule has 0 radical (unpaired) electrons. The van der Waals surface area contributed by atoms with Gasteiger partial charge in [0.2, 0.25) is 0 Å². The van der Waals surface area contributed by atoms with Crippen LogP contribution in [-0.2, 0) is 0 Å². The molecule has 1 N–H and O–H groups in total. The van der Waals surface area contributed by atoms with E-state index in [9.17, 15) is 0 Å². The lowest BCUT2D eigenvalue weighted by Crippen LogP contribution is -2.60. The number of rotatable bonds is 2. The first-order chi connectivity index (χ1) is 10.2. The maximum Gasteiger partial charge on any atom is 0.0950 e. The van der Waals surface area contributed by atoms with Crippen LogP contribution >= 0.6 is 11.6 Å². The molecule has 1 aliphatic heterocycles. The zero-order valence-electron chi connectivity index (χ0n) is 12.3. The highest BCUT2D eigenvalue weighted by molar-refractivity contribution is 6.35. The van der Waals surface area contributed by atoms with Crippen LogP contribution < -0.4 is 10.2 Å². The molecule has 1 atom stereocenters. The number of aromatic nitrogens is 1. The summed E-state index contributed by atoms with van der Waals surface area (Å²) in [5.41, 5.74) is 2.47. The number of hydrogen-bond donors (Lipinski definition) is 1. The van der Waals surface area contributed by atoms with Crippen molar-refractivity contribution in [2.75, 3.05) is 24.5 Å². The van der Waals surface area contributed by atoms with Gasteiger partial charge in [0.1, 0.15) is 0 Å². The fraction of sp³-hybridized carbons (Fsp3) is 0.471. The summed E-state index contributed by atoms with van der Waals surface area (Å²) >= 11 is 6.31. The highest BCUT2D eigenvalue weighted by atomic mass is 35.5. The number of anilines is 1. The van der Waals surface area contributed by atoms with Crippen LogP contribution in [0.25, 0.3) is 10.9 Å². The van der Waals surface area contributed by atoms with E-state index in [1.807, 2.05) is 18.3 Å². The van der Waals surface area contributed by atoms with Gasteiger partial charge in [0.05, 0.1) is 16.2 Å². The van der Waals surface area contributed by atoms with Gasteiger partial charge in [-0.1, -0.05) is 11.6 Å². The highest BCUT2D eigenvalue weighted by Crippen LogP contribution is 2.42. The zero-order chi connectivity index (χ0) is 14.4. The summed E-state index contributed by atoms with van der Waals surface area (Å²) < 4.78 is 0. The summed E-state index contributed by atoms with van der Waals surface area (Å²) in [6, 6.07) is 8.12. The number of benzene rings is 1. The average Bonchev–Trinajstić information content (AvgIpc) is 3.33. The Morgan fingerprint density at radius 1 is 1.33 bits per heavy atom. The monoisotopic (exact) mass is 301 g/mol. The van der Waals surface area contributed by atoms with Crippen LogP contribution in [-0.4, -0.2) is 30.2 Å². The summed E-state index contributed by atoms with van der Waals surface area (Å²) in [5, 5.41) is 5.55. The van der Waals surface area contributed by atoms with E-state index in [4.69, 9.17) is 11.6 Å². The quantitative estimate of drug-likeness (QED) is 0.920. The third-order valence-corrected chi connectivity index (χ3v) is 5.27. The predicted molar refractivity (Wildman–Crippen MR) is 88.1 cm³/mol. The normalized spacial score (nSPS) is 26.3. The van der Waals surface area contributed by atoms with Gasteiger partial charge in [0, 0.05) is 36.8 Å². The van der Waals surface area contributed by atoms with Crippen LogP contribution in [0.1, 0.15) is 19.8 Å². The van der Waals surface area contributed by atoms with E-state index in [1.54, 1.807) is 0 Å². The molecule has 2 aliphatic rings. The average molecular weight is 302 g/mol. The van der Waals surface area contributed by atoms with Gasteiger partial charge in [-0.15, -0.1) is 0 Å². The number of nitrogens with zero attached hydrogens (tertiary/aromatic N) is 2. The maximum absolute atomic E-state index is 6.31. The van der Waals surface area contributed by atoms with Gasteiger partial charge in [-0.3, -0.25) is 4.98 Å². The minimum atomic E-state index is 0.235. The van der Waals surface area contributed by atoms with Gasteiger partial charge in [0.15, 0.2) is 0 Å². The summed E-state index contributed by atoms with van der Waals surface area (Å²) in [6.07, 6.45) is 4.57. The molecule has 0 amide bonds. The third kappa shape index (κ3) is 2.29. The van der Waals surface area contributed by atoms with E-state index >= 15 is 0 Å². The number of hydrogen-bond acceptors (Lipinski definition) is 3. The molecule has 0 spiro atoms.